The van der Waals surface area contributed by atoms with Crippen LogP contribution in [0.25, 0.3) is 5.69 Å². The Balaban J connectivity index is 1.64. The molecule has 0 atom stereocenters. The number of benzene rings is 2. The maximum absolute atomic E-state index is 12.2. The topological polar surface area (TPSA) is 92.9 Å². The second kappa shape index (κ2) is 7.35. The molecule has 8 heteroatoms. The molecule has 1 heterocycles. The summed E-state index contributed by atoms with van der Waals surface area (Å²) in [6.07, 6.45) is 0. The minimum absolute atomic E-state index is 0.131. The van der Waals surface area contributed by atoms with Gasteiger partial charge in [-0.2, -0.15) is 4.68 Å². The van der Waals surface area contributed by atoms with Gasteiger partial charge in [0.05, 0.1) is 11.4 Å². The van der Waals surface area contributed by atoms with Crippen LogP contribution in [0.15, 0.2) is 47.6 Å². The monoisotopic (exact) mass is 355 g/mol. The zero-order valence-electron chi connectivity index (χ0n) is 13.8. The summed E-state index contributed by atoms with van der Waals surface area (Å²) in [6, 6.07) is 12.3. The maximum atomic E-state index is 12.2. The van der Waals surface area contributed by atoms with E-state index in [1.54, 1.807) is 24.3 Å². The number of nitrogens with one attached hydrogen (secondary N) is 1. The normalized spacial score (nSPS) is 10.6. The first kappa shape index (κ1) is 17.0. The van der Waals surface area contributed by atoms with Gasteiger partial charge in [-0.15, -0.1) is 5.10 Å². The maximum Gasteiger partial charge on any atom is 0.234 e. The van der Waals surface area contributed by atoms with Gasteiger partial charge in [-0.05, 0) is 71.8 Å². The van der Waals surface area contributed by atoms with Crippen LogP contribution < -0.4 is 5.32 Å². The van der Waals surface area contributed by atoms with Gasteiger partial charge in [0.15, 0.2) is 0 Å². The summed E-state index contributed by atoms with van der Waals surface area (Å²) in [4.78, 5) is 12.2. The van der Waals surface area contributed by atoms with Gasteiger partial charge in [-0.3, -0.25) is 4.79 Å². The highest BCUT2D eigenvalue weighted by Gasteiger charge is 2.12. The molecule has 0 saturated heterocycles. The number of rotatable bonds is 5. The highest BCUT2D eigenvalue weighted by molar-refractivity contribution is 7.99. The van der Waals surface area contributed by atoms with E-state index in [9.17, 15) is 9.90 Å². The SMILES string of the molecule is Cc1ccc(NC(=O)CSc2nnnn2-c2ccc(O)cc2)cc1C. The van der Waals surface area contributed by atoms with E-state index in [1.807, 2.05) is 32.0 Å². The van der Waals surface area contributed by atoms with Crippen molar-refractivity contribution < 1.29 is 9.90 Å². The van der Waals surface area contributed by atoms with Gasteiger partial charge in [0.25, 0.3) is 0 Å². The van der Waals surface area contributed by atoms with Crippen LogP contribution in [0.4, 0.5) is 5.69 Å². The molecule has 7 nitrogen and oxygen atoms in total. The molecule has 0 bridgehead atoms. The lowest BCUT2D eigenvalue weighted by Gasteiger charge is -2.08. The van der Waals surface area contributed by atoms with Crippen LogP contribution in [0, 0.1) is 13.8 Å². The van der Waals surface area contributed by atoms with E-state index in [-0.39, 0.29) is 17.4 Å². The molecule has 2 N–H and O–H groups in total. The average molecular weight is 355 g/mol. The predicted molar refractivity (Wildman–Crippen MR) is 96.1 cm³/mol. The minimum Gasteiger partial charge on any atom is -0.508 e. The van der Waals surface area contributed by atoms with E-state index in [2.05, 4.69) is 20.8 Å². The first-order chi connectivity index (χ1) is 12.0. The first-order valence-corrected chi connectivity index (χ1v) is 8.59. The summed E-state index contributed by atoms with van der Waals surface area (Å²) in [5, 5.41) is 24.2. The predicted octanol–water partition coefficient (Wildman–Crippen LogP) is 2.72. The van der Waals surface area contributed by atoms with Gasteiger partial charge < -0.3 is 10.4 Å². The number of aromatic hydroxyl groups is 1. The molecule has 1 aromatic heterocycles. The average Bonchev–Trinajstić information content (AvgIpc) is 3.06. The fourth-order valence-corrected chi connectivity index (χ4v) is 2.86. The van der Waals surface area contributed by atoms with Crippen molar-refractivity contribution in [3.8, 4) is 11.4 Å². The highest BCUT2D eigenvalue weighted by Crippen LogP contribution is 2.20. The molecule has 0 spiro atoms. The molecule has 1 amide bonds. The zero-order valence-corrected chi connectivity index (χ0v) is 14.6. The van der Waals surface area contributed by atoms with Gasteiger partial charge in [0.1, 0.15) is 5.75 Å². The molecule has 0 aliphatic carbocycles. The number of aromatic nitrogens is 4. The number of amides is 1. The van der Waals surface area contributed by atoms with Crippen molar-refractivity contribution in [3.05, 3.63) is 53.6 Å². The van der Waals surface area contributed by atoms with Gasteiger partial charge in [-0.25, -0.2) is 0 Å². The fourth-order valence-electron chi connectivity index (χ4n) is 2.17. The molecule has 25 heavy (non-hydrogen) atoms. The molecule has 0 fully saturated rings. The van der Waals surface area contributed by atoms with Gasteiger partial charge in [0.2, 0.25) is 11.1 Å². The van der Waals surface area contributed by atoms with E-state index < -0.39 is 0 Å². The lowest BCUT2D eigenvalue weighted by Crippen LogP contribution is -2.14. The van der Waals surface area contributed by atoms with E-state index in [0.29, 0.717) is 10.8 Å². The highest BCUT2D eigenvalue weighted by atomic mass is 32.2. The molecular formula is C17H17N5O2S. The van der Waals surface area contributed by atoms with Crippen LogP contribution in [0.2, 0.25) is 0 Å². The first-order valence-electron chi connectivity index (χ1n) is 7.60. The van der Waals surface area contributed by atoms with Crippen molar-refractivity contribution in [3.63, 3.8) is 0 Å². The number of aryl methyl sites for hydroxylation is 2. The number of carbonyl (C=O) groups excluding carboxylic acids is 1. The van der Waals surface area contributed by atoms with Crippen molar-refractivity contribution in [1.29, 1.82) is 0 Å². The Morgan fingerprint density at radius 3 is 2.64 bits per heavy atom. The number of phenols is 1. The lowest BCUT2D eigenvalue weighted by molar-refractivity contribution is -0.113. The third-order valence-corrected chi connectivity index (χ3v) is 4.58. The van der Waals surface area contributed by atoms with Crippen LogP contribution in [0.1, 0.15) is 11.1 Å². The largest absolute Gasteiger partial charge is 0.508 e. The molecule has 0 unspecified atom stereocenters. The molecule has 3 aromatic rings. The van der Waals surface area contributed by atoms with Crippen LogP contribution >= 0.6 is 11.8 Å². The number of anilines is 1. The number of hydrogen-bond acceptors (Lipinski definition) is 6. The third kappa shape index (κ3) is 4.16. The summed E-state index contributed by atoms with van der Waals surface area (Å²) in [6.45, 7) is 4.03. The molecule has 0 aliphatic rings. The summed E-state index contributed by atoms with van der Waals surface area (Å²) in [5.74, 6) is 0.220. The van der Waals surface area contributed by atoms with Crippen molar-refractivity contribution >= 4 is 23.4 Å². The molecular weight excluding hydrogens is 338 g/mol. The Morgan fingerprint density at radius 1 is 1.16 bits per heavy atom. The summed E-state index contributed by atoms with van der Waals surface area (Å²) >= 11 is 1.24. The zero-order chi connectivity index (χ0) is 17.8. The summed E-state index contributed by atoms with van der Waals surface area (Å²) < 4.78 is 1.52. The van der Waals surface area contributed by atoms with Crippen LogP contribution in [0.3, 0.4) is 0 Å². The number of hydrogen-bond donors (Lipinski definition) is 2. The van der Waals surface area contributed by atoms with Crippen molar-refractivity contribution in [1.82, 2.24) is 20.2 Å². The van der Waals surface area contributed by atoms with E-state index in [1.165, 1.54) is 22.0 Å². The van der Waals surface area contributed by atoms with Crippen molar-refractivity contribution in [2.45, 2.75) is 19.0 Å². The van der Waals surface area contributed by atoms with Gasteiger partial charge in [-0.1, -0.05) is 17.8 Å². The van der Waals surface area contributed by atoms with Gasteiger partial charge in [0, 0.05) is 5.69 Å². The molecule has 3 rings (SSSR count). The van der Waals surface area contributed by atoms with E-state index in [4.69, 9.17) is 0 Å². The summed E-state index contributed by atoms with van der Waals surface area (Å²) in [5.41, 5.74) is 3.79. The standard InChI is InChI=1S/C17H17N5O2S/c1-11-3-4-13(9-12(11)2)18-16(24)10-25-17-19-20-21-22(17)14-5-7-15(23)8-6-14/h3-9,23H,10H2,1-2H3,(H,18,24). The Hall–Kier alpha value is -2.87. The molecule has 0 saturated carbocycles. The van der Waals surface area contributed by atoms with Crippen LogP contribution in [0.5, 0.6) is 5.75 Å². The number of phenolic OH excluding ortho intramolecular Hbond substituents is 1. The van der Waals surface area contributed by atoms with Crippen molar-refractivity contribution in [2.24, 2.45) is 0 Å². The quantitative estimate of drug-likeness (QED) is 0.684. The smallest absolute Gasteiger partial charge is 0.234 e. The number of thioether (sulfide) groups is 1. The lowest BCUT2D eigenvalue weighted by atomic mass is 10.1. The van der Waals surface area contributed by atoms with Gasteiger partial charge >= 0.3 is 0 Å². The van der Waals surface area contributed by atoms with Crippen LogP contribution in [-0.2, 0) is 4.79 Å². The van der Waals surface area contributed by atoms with E-state index in [0.717, 1.165) is 11.3 Å². The third-order valence-electron chi connectivity index (χ3n) is 3.66. The molecule has 2 aromatic carbocycles. The molecule has 0 aliphatic heterocycles. The number of nitrogens with zero attached hydrogens (tertiary/aromatic N) is 4. The second-order valence-corrected chi connectivity index (χ2v) is 6.47. The molecule has 0 radical (unpaired) electrons. The minimum atomic E-state index is -0.131. The fraction of sp³-hybridized carbons (Fsp3) is 0.176. The van der Waals surface area contributed by atoms with Crippen LogP contribution in [-0.4, -0.2) is 37.0 Å². The Kier molecular flexibility index (Phi) is 4.99. The molecule has 128 valence electrons. The van der Waals surface area contributed by atoms with Crippen molar-refractivity contribution in [2.75, 3.05) is 11.1 Å². The van der Waals surface area contributed by atoms with E-state index >= 15 is 0 Å². The number of tetrazole rings is 1. The second-order valence-electron chi connectivity index (χ2n) is 5.53. The Bertz CT molecular complexity index is 892. The number of carbonyl (C=O) groups is 1. The Morgan fingerprint density at radius 2 is 1.92 bits per heavy atom. The Labute approximate surface area is 149 Å². The summed E-state index contributed by atoms with van der Waals surface area (Å²) in [7, 11) is 0.